The Kier molecular flexibility index (Phi) is 4.68. The predicted octanol–water partition coefficient (Wildman–Crippen LogP) is 8.82. The molecule has 8 rings (SSSR count). The fraction of sp³-hybridized carbons (Fsp3) is 0.188. The summed E-state index contributed by atoms with van der Waals surface area (Å²) in [6.45, 7) is 8.66. The molecule has 0 amide bonds. The molecule has 0 aliphatic heterocycles. The van der Waals surface area contributed by atoms with Gasteiger partial charge in [0.1, 0.15) is 18.0 Å². The van der Waals surface area contributed by atoms with Crippen molar-refractivity contribution in [3.63, 3.8) is 0 Å². The fourth-order valence-corrected chi connectivity index (χ4v) is 6.73. The monoisotopic (exact) mass is 526 g/mol. The van der Waals surface area contributed by atoms with E-state index in [2.05, 4.69) is 95.5 Å². The van der Waals surface area contributed by atoms with Crippen molar-refractivity contribution in [3.05, 3.63) is 72.0 Å². The number of hydrogen-bond donors (Lipinski definition) is 2. The van der Waals surface area contributed by atoms with E-state index >= 15 is 0 Å². The average Bonchev–Trinajstić information content (AvgIpc) is 3.71. The summed E-state index contributed by atoms with van der Waals surface area (Å²) in [4.78, 5) is 26.1. The molecule has 4 heterocycles. The van der Waals surface area contributed by atoms with E-state index in [0.29, 0.717) is 11.8 Å². The predicted molar refractivity (Wildman–Crippen MR) is 163 cm³/mol. The molecule has 2 N–H and O–H groups in total. The number of benzene rings is 4. The summed E-state index contributed by atoms with van der Waals surface area (Å²) < 4.78 is 1.28. The number of nitrogens with one attached hydrogen (secondary N) is 2. The summed E-state index contributed by atoms with van der Waals surface area (Å²) in [5, 5.41) is 9.10. The number of H-pyrrole nitrogens is 2. The van der Waals surface area contributed by atoms with Gasteiger partial charge in [-0.15, -0.1) is 11.3 Å². The zero-order valence-corrected chi connectivity index (χ0v) is 22.9. The van der Waals surface area contributed by atoms with Gasteiger partial charge in [-0.3, -0.25) is 0 Å². The van der Waals surface area contributed by atoms with Crippen molar-refractivity contribution in [2.24, 2.45) is 0 Å². The highest BCUT2D eigenvalue weighted by Crippen LogP contribution is 2.40. The molecular formula is C32H26N6S. The number of aromatic nitrogens is 6. The summed E-state index contributed by atoms with van der Waals surface area (Å²) in [7, 11) is 0. The van der Waals surface area contributed by atoms with E-state index < -0.39 is 0 Å². The Morgan fingerprint density at radius 3 is 2.05 bits per heavy atom. The molecular weight excluding hydrogens is 500 g/mol. The van der Waals surface area contributed by atoms with Crippen LogP contribution in [-0.4, -0.2) is 29.9 Å². The van der Waals surface area contributed by atoms with Crippen LogP contribution in [0.15, 0.2) is 60.4 Å². The van der Waals surface area contributed by atoms with Gasteiger partial charge in [-0.05, 0) is 40.1 Å². The fourth-order valence-electron chi connectivity index (χ4n) is 5.80. The van der Waals surface area contributed by atoms with Crippen molar-refractivity contribution >= 4 is 75.9 Å². The van der Waals surface area contributed by atoms with Gasteiger partial charge in [0, 0.05) is 49.7 Å². The van der Waals surface area contributed by atoms with Gasteiger partial charge in [0.05, 0.1) is 27.6 Å². The van der Waals surface area contributed by atoms with E-state index in [9.17, 15) is 0 Å². The second-order valence-corrected chi connectivity index (χ2v) is 11.9. The summed E-state index contributed by atoms with van der Waals surface area (Å²) >= 11 is 1.78. The third-order valence-corrected chi connectivity index (χ3v) is 8.79. The Hall–Kier alpha value is -4.36. The van der Waals surface area contributed by atoms with Crippen molar-refractivity contribution < 1.29 is 0 Å². The van der Waals surface area contributed by atoms with Crippen molar-refractivity contribution in [1.29, 1.82) is 0 Å². The molecule has 190 valence electrons. The Bertz CT molecular complexity index is 2250. The normalized spacial score (nSPS) is 12.6. The molecule has 0 aliphatic rings. The molecule has 0 atom stereocenters. The molecule has 7 heteroatoms. The largest absolute Gasteiger partial charge is 0.341 e. The second-order valence-electron chi connectivity index (χ2n) is 11.0. The molecule has 0 fully saturated rings. The molecule has 8 aromatic rings. The van der Waals surface area contributed by atoms with Crippen LogP contribution < -0.4 is 0 Å². The minimum atomic E-state index is 0.299. The van der Waals surface area contributed by atoms with Crippen LogP contribution >= 0.6 is 11.3 Å². The minimum absolute atomic E-state index is 0.299. The summed E-state index contributed by atoms with van der Waals surface area (Å²) in [6.07, 6.45) is 3.53. The molecule has 0 saturated heterocycles. The third-order valence-electron chi connectivity index (χ3n) is 7.84. The van der Waals surface area contributed by atoms with Crippen LogP contribution in [0.3, 0.4) is 0 Å². The molecule has 4 aromatic heterocycles. The number of fused-ring (bicyclic) bond motifs is 12. The van der Waals surface area contributed by atoms with Crippen molar-refractivity contribution in [1.82, 2.24) is 29.9 Å². The standard InChI is InChI=1S/C32H26N6S/c1-15(2)31-35-26-20-8-6-18(12-23(20)30-21(9-10-39-30)28(26)37-31)17-5-7-19-22(11-17)24-13-33-14-34-25(24)29-27(19)36-32(38-29)16(3)4/h5-16H,1-4H3,(H,35,37)(H,36,38). The summed E-state index contributed by atoms with van der Waals surface area (Å²) in [5.41, 5.74) is 7.37. The molecule has 0 bridgehead atoms. The average molecular weight is 527 g/mol. The third kappa shape index (κ3) is 3.20. The number of aromatic amines is 2. The van der Waals surface area contributed by atoms with E-state index in [-0.39, 0.29) is 0 Å². The van der Waals surface area contributed by atoms with E-state index in [4.69, 9.17) is 9.97 Å². The van der Waals surface area contributed by atoms with Crippen LogP contribution in [0.2, 0.25) is 0 Å². The Morgan fingerprint density at radius 1 is 0.641 bits per heavy atom. The second kappa shape index (κ2) is 8.07. The number of imidazole rings is 2. The van der Waals surface area contributed by atoms with Crippen LogP contribution in [-0.2, 0) is 0 Å². The molecule has 39 heavy (non-hydrogen) atoms. The lowest BCUT2D eigenvalue weighted by molar-refractivity contribution is 0.799. The minimum Gasteiger partial charge on any atom is -0.341 e. The zero-order chi connectivity index (χ0) is 26.4. The Balaban J connectivity index is 1.40. The molecule has 6 nitrogen and oxygen atoms in total. The number of hydrogen-bond acceptors (Lipinski definition) is 5. The molecule has 0 radical (unpaired) electrons. The van der Waals surface area contributed by atoms with Crippen LogP contribution in [0.4, 0.5) is 0 Å². The Morgan fingerprint density at radius 2 is 1.31 bits per heavy atom. The first-order valence-corrected chi connectivity index (χ1v) is 14.2. The highest BCUT2D eigenvalue weighted by Gasteiger charge is 2.18. The molecule has 0 spiro atoms. The van der Waals surface area contributed by atoms with Crippen LogP contribution in [0.5, 0.6) is 0 Å². The van der Waals surface area contributed by atoms with Gasteiger partial charge >= 0.3 is 0 Å². The van der Waals surface area contributed by atoms with Gasteiger partial charge in [-0.1, -0.05) is 52.0 Å². The van der Waals surface area contributed by atoms with Gasteiger partial charge < -0.3 is 9.97 Å². The molecule has 0 unspecified atom stereocenters. The lowest BCUT2D eigenvalue weighted by atomic mass is 9.96. The first-order chi connectivity index (χ1) is 19.0. The highest BCUT2D eigenvalue weighted by atomic mass is 32.1. The maximum Gasteiger partial charge on any atom is 0.116 e. The first-order valence-electron chi connectivity index (χ1n) is 13.4. The molecule has 0 aliphatic carbocycles. The van der Waals surface area contributed by atoms with E-state index in [1.807, 2.05) is 6.20 Å². The summed E-state index contributed by atoms with van der Waals surface area (Å²) in [5.74, 6) is 2.65. The quantitative estimate of drug-likeness (QED) is 0.225. The van der Waals surface area contributed by atoms with Gasteiger partial charge in [0.25, 0.3) is 0 Å². The van der Waals surface area contributed by atoms with Crippen LogP contribution in [0.1, 0.15) is 51.2 Å². The Labute approximate surface area is 228 Å². The zero-order valence-electron chi connectivity index (χ0n) is 22.1. The maximum atomic E-state index is 4.98. The van der Waals surface area contributed by atoms with Crippen molar-refractivity contribution in [2.45, 2.75) is 39.5 Å². The molecule has 4 aromatic carbocycles. The first kappa shape index (κ1) is 22.6. The SMILES string of the molecule is CC(C)c1nc2c3ccsc3c3cc(-c4ccc5c(c4)c4cncnc4c4[nH]c(C(C)C)nc54)ccc3c2[nH]1. The number of nitrogens with zero attached hydrogens (tertiary/aromatic N) is 4. The van der Waals surface area contributed by atoms with Crippen molar-refractivity contribution in [2.75, 3.05) is 0 Å². The lowest BCUT2D eigenvalue weighted by Crippen LogP contribution is -1.88. The topological polar surface area (TPSA) is 83.1 Å². The number of thiophene rings is 1. The van der Waals surface area contributed by atoms with Crippen LogP contribution in [0, 0.1) is 0 Å². The van der Waals surface area contributed by atoms with E-state index in [0.717, 1.165) is 61.0 Å². The lowest BCUT2D eigenvalue weighted by Gasteiger charge is -2.10. The van der Waals surface area contributed by atoms with Gasteiger partial charge in [0.2, 0.25) is 0 Å². The molecule has 0 saturated carbocycles. The smallest absolute Gasteiger partial charge is 0.116 e. The van der Waals surface area contributed by atoms with Gasteiger partial charge in [0.15, 0.2) is 0 Å². The van der Waals surface area contributed by atoms with E-state index in [1.54, 1.807) is 17.7 Å². The van der Waals surface area contributed by atoms with E-state index in [1.165, 1.54) is 26.4 Å². The maximum absolute atomic E-state index is 4.98. The van der Waals surface area contributed by atoms with Gasteiger partial charge in [-0.2, -0.15) is 0 Å². The summed E-state index contributed by atoms with van der Waals surface area (Å²) in [6, 6.07) is 15.7. The number of rotatable bonds is 3. The van der Waals surface area contributed by atoms with Crippen LogP contribution in [0.25, 0.3) is 75.7 Å². The van der Waals surface area contributed by atoms with Crippen molar-refractivity contribution in [3.8, 4) is 11.1 Å². The highest BCUT2D eigenvalue weighted by molar-refractivity contribution is 7.18. The van der Waals surface area contributed by atoms with Gasteiger partial charge in [-0.25, -0.2) is 19.9 Å².